The molecule has 0 aliphatic carbocycles. The minimum Gasteiger partial charge on any atom is -0.489 e. The molecule has 0 amide bonds. The SMILES string of the molecule is CCc1cc(C)ccc1OCc1c(Br)cccc1NC(=S)OC.CCc1cc(C)ccc1OCc1c(C)cccc1NC(=S)OC.CCc1cc(C)ccc1OCc1c(Cl)cccc1NC(=S)OC.CCc1cc(C)ccc1OCc1c(F)cccc1NC(=S)OC.CCc1cc(C)ccc1OCc1c(I)cccc1NC(=S)OC.CCc1cc(C)ccc1OCc1ccccc1NC(=S)OC. The Morgan fingerprint density at radius 2 is 0.540 bits per heavy atom. The second-order valence-corrected chi connectivity index (χ2v) is 35.7. The predicted octanol–water partition coefficient (Wildman–Crippen LogP) is 29.3. The number of hydrogen-bond donors (Lipinski definition) is 6. The largest absolute Gasteiger partial charge is 0.489 e. The second kappa shape index (κ2) is 60.0. The molecule has 0 aromatic heterocycles. The van der Waals surface area contributed by atoms with E-state index in [1.54, 1.807) is 40.6 Å². The van der Waals surface area contributed by atoms with E-state index >= 15 is 0 Å². The van der Waals surface area contributed by atoms with Crippen LogP contribution in [0.25, 0.3) is 0 Å². The molecule has 0 spiro atoms. The molecule has 0 atom stereocenters. The first-order valence-corrected chi connectivity index (χ1v) is 49.3. The molecule has 0 fully saturated rings. The van der Waals surface area contributed by atoms with E-state index in [1.807, 2.05) is 140 Å². The highest BCUT2D eigenvalue weighted by molar-refractivity contribution is 14.1. The predicted molar refractivity (Wildman–Crippen MR) is 597 cm³/mol. The summed E-state index contributed by atoms with van der Waals surface area (Å²) in [6.45, 7) is 29.6. The maximum Gasteiger partial charge on any atom is 0.260 e. The molecule has 0 aliphatic rings. The number of thiocarbonyl (C=S) groups is 6. The van der Waals surface area contributed by atoms with Crippen molar-refractivity contribution in [3.63, 3.8) is 0 Å². The van der Waals surface area contributed by atoms with Gasteiger partial charge in [0.05, 0.1) is 48.3 Å². The summed E-state index contributed by atoms with van der Waals surface area (Å²) >= 11 is 42.6. The van der Waals surface area contributed by atoms with Gasteiger partial charge in [-0.3, -0.25) is 0 Å². The molecule has 0 aliphatic heterocycles. The number of nitrogens with one attached hydrogen (secondary N) is 6. The number of anilines is 6. The number of methoxy groups -OCH3 is 6. The molecule has 0 bridgehead atoms. The molecule has 0 unspecified atom stereocenters. The molecular formula is C109H124BrClFIN6O12S6. The minimum absolute atomic E-state index is 0.109. The molecule has 12 rings (SSSR count). The van der Waals surface area contributed by atoms with Gasteiger partial charge in [0.15, 0.2) is 0 Å². The van der Waals surface area contributed by atoms with Gasteiger partial charge in [0.1, 0.15) is 80.0 Å². The Morgan fingerprint density at radius 1 is 0.285 bits per heavy atom. The number of para-hydroxylation sites is 1. The summed E-state index contributed by atoms with van der Waals surface area (Å²) in [5.41, 5.74) is 26.0. The van der Waals surface area contributed by atoms with Crippen molar-refractivity contribution in [3.05, 3.63) is 349 Å². The van der Waals surface area contributed by atoms with E-state index in [4.69, 9.17) is 142 Å². The molecule has 28 heteroatoms. The summed E-state index contributed by atoms with van der Waals surface area (Å²) in [7, 11) is 9.19. The summed E-state index contributed by atoms with van der Waals surface area (Å²) in [5.74, 6) is 4.99. The van der Waals surface area contributed by atoms with Crippen molar-refractivity contribution < 1.29 is 61.2 Å². The van der Waals surface area contributed by atoms with Gasteiger partial charge in [0.25, 0.3) is 31.0 Å². The number of halogens is 4. The van der Waals surface area contributed by atoms with Gasteiger partial charge in [-0.1, -0.05) is 230 Å². The third-order valence-electron chi connectivity index (χ3n) is 21.3. The van der Waals surface area contributed by atoms with Crippen molar-refractivity contribution in [2.75, 3.05) is 74.6 Å². The second-order valence-electron chi connectivity index (χ2n) is 31.0. The van der Waals surface area contributed by atoms with Crippen LogP contribution in [0.4, 0.5) is 38.5 Å². The van der Waals surface area contributed by atoms with Gasteiger partial charge in [0, 0.05) is 74.9 Å². The number of hydrogen-bond acceptors (Lipinski definition) is 18. The highest BCUT2D eigenvalue weighted by Crippen LogP contribution is 2.35. The van der Waals surface area contributed by atoms with Crippen LogP contribution in [0, 0.1) is 57.9 Å². The van der Waals surface area contributed by atoms with Gasteiger partial charge in [-0.2, -0.15) is 0 Å². The standard InChI is InChI=1S/C19H23NO2S.C18H20BrNO2S.C18H20ClNO2S.C18H20FNO2S.C18H20INO2S.C18H21NO2S/c1-5-15-11-13(2)9-10-18(15)22-12-16-14(3)7-6-8-17(16)20-19(23)21-4;4*1-4-13-10-12(2)8-9-17(13)22-11-14-15(19)6-5-7-16(14)20-18(23)21-3;1-4-14-11-13(2)9-10-17(14)21-12-15-7-5-6-8-16(15)19-18(22)20-3/h6-11H,5,12H2,1-4H3,(H,20,23);4*5-10H,4,11H2,1-3H3,(H,20,23);5-11H,4,12H2,1-3H3,(H,19,22). The summed E-state index contributed by atoms with van der Waals surface area (Å²) in [6, 6.07) is 73.4. The van der Waals surface area contributed by atoms with Crippen LogP contribution < -0.4 is 60.3 Å². The maximum absolute atomic E-state index is 14.1. The number of benzene rings is 12. The average Bonchev–Trinajstić information content (AvgIpc) is 0.841. The number of ether oxygens (including phenoxy) is 12. The summed E-state index contributed by atoms with van der Waals surface area (Å²) < 4.78 is 82.3. The fraction of sp³-hybridized carbons (Fsp3) is 0.284. The first-order valence-electron chi connectivity index (χ1n) is 44.6. The summed E-state index contributed by atoms with van der Waals surface area (Å²) in [6.07, 6.45) is 5.55. The van der Waals surface area contributed by atoms with Crippen LogP contribution in [-0.2, 0) is 107 Å². The first-order chi connectivity index (χ1) is 65.9. The van der Waals surface area contributed by atoms with E-state index < -0.39 is 0 Å². The quantitative estimate of drug-likeness (QED) is 0.0184. The van der Waals surface area contributed by atoms with Crippen LogP contribution in [0.2, 0.25) is 5.02 Å². The zero-order chi connectivity index (χ0) is 100. The zero-order valence-corrected chi connectivity index (χ0v) is 90.6. The lowest BCUT2D eigenvalue weighted by molar-refractivity contribution is 0.297. The van der Waals surface area contributed by atoms with E-state index in [0.29, 0.717) is 70.0 Å². The molecular weight excluding hydrogens is 2040 g/mol. The molecule has 12 aromatic carbocycles. The smallest absolute Gasteiger partial charge is 0.260 e. The van der Waals surface area contributed by atoms with Crippen LogP contribution >= 0.6 is 123 Å². The number of aryl methyl sites for hydroxylation is 13. The Kier molecular flexibility index (Phi) is 49.5. The maximum atomic E-state index is 14.1. The molecule has 6 N–H and O–H groups in total. The minimum atomic E-state index is -0.348. The Morgan fingerprint density at radius 3 is 0.898 bits per heavy atom. The van der Waals surface area contributed by atoms with E-state index in [-0.39, 0.29) is 22.8 Å². The molecule has 137 heavy (non-hydrogen) atoms. The molecule has 0 heterocycles. The summed E-state index contributed by atoms with van der Waals surface area (Å²) in [4.78, 5) is 0. The van der Waals surface area contributed by atoms with Crippen molar-refractivity contribution in [1.29, 1.82) is 0 Å². The Labute approximate surface area is 868 Å². The van der Waals surface area contributed by atoms with Gasteiger partial charge >= 0.3 is 0 Å². The lowest BCUT2D eigenvalue weighted by Crippen LogP contribution is -2.14. The molecule has 12 aromatic rings. The molecule has 0 saturated carbocycles. The van der Waals surface area contributed by atoms with Gasteiger partial charge in [-0.25, -0.2) is 4.39 Å². The topological polar surface area (TPSA) is 183 Å². The van der Waals surface area contributed by atoms with Crippen LogP contribution in [0.5, 0.6) is 34.5 Å². The summed E-state index contributed by atoms with van der Waals surface area (Å²) in [5, 5.41) is 20.7. The lowest BCUT2D eigenvalue weighted by atomic mass is 10.1. The monoisotopic (exact) mass is 2160 g/mol. The van der Waals surface area contributed by atoms with E-state index in [9.17, 15) is 4.39 Å². The van der Waals surface area contributed by atoms with Gasteiger partial charge < -0.3 is 88.7 Å². The van der Waals surface area contributed by atoms with E-state index in [1.165, 1.54) is 81.5 Å². The van der Waals surface area contributed by atoms with Gasteiger partial charge in [0.2, 0.25) is 0 Å². The van der Waals surface area contributed by atoms with E-state index in [2.05, 4.69) is 226 Å². The van der Waals surface area contributed by atoms with Crippen LogP contribution in [-0.4, -0.2) is 73.7 Å². The molecule has 0 saturated heterocycles. The highest BCUT2D eigenvalue weighted by Gasteiger charge is 2.19. The Balaban J connectivity index is 0.000000224. The van der Waals surface area contributed by atoms with Crippen LogP contribution in [0.1, 0.15) is 147 Å². The molecule has 18 nitrogen and oxygen atoms in total. The zero-order valence-electron chi connectivity index (χ0n) is 81.2. The normalized spacial score (nSPS) is 10.2. The lowest BCUT2D eigenvalue weighted by Gasteiger charge is -2.16. The third-order valence-corrected chi connectivity index (χ3v) is 25.0. The van der Waals surface area contributed by atoms with Crippen LogP contribution in [0.3, 0.4) is 0 Å². The highest BCUT2D eigenvalue weighted by atomic mass is 127. The Bertz CT molecular complexity index is 5340. The fourth-order valence-electron chi connectivity index (χ4n) is 13.7. The van der Waals surface area contributed by atoms with Crippen LogP contribution in [0.15, 0.2) is 229 Å². The van der Waals surface area contributed by atoms with Crippen molar-refractivity contribution in [1.82, 2.24) is 0 Å². The van der Waals surface area contributed by atoms with Crippen molar-refractivity contribution in [2.24, 2.45) is 0 Å². The molecule has 726 valence electrons. The number of rotatable bonds is 30. The third kappa shape index (κ3) is 37.0. The van der Waals surface area contributed by atoms with Crippen molar-refractivity contribution in [3.8, 4) is 34.5 Å². The fourth-order valence-corrected chi connectivity index (χ4v) is 15.7. The van der Waals surface area contributed by atoms with Crippen molar-refractivity contribution in [2.45, 2.75) is 168 Å². The van der Waals surface area contributed by atoms with E-state index in [0.717, 1.165) is 148 Å². The van der Waals surface area contributed by atoms with Gasteiger partial charge in [-0.15, -0.1) is 0 Å². The average molecular weight is 2160 g/mol. The first kappa shape index (κ1) is 113. The van der Waals surface area contributed by atoms with Crippen molar-refractivity contribution >= 4 is 189 Å². The Hall–Kier alpha value is -11.0. The van der Waals surface area contributed by atoms with Gasteiger partial charge in [-0.05, 0) is 319 Å². The molecule has 0 radical (unpaired) electrons.